The molecule has 0 unspecified atom stereocenters. The fourth-order valence-electron chi connectivity index (χ4n) is 4.21. The van der Waals surface area contributed by atoms with E-state index in [2.05, 4.69) is 46.3 Å². The van der Waals surface area contributed by atoms with Crippen LogP contribution < -0.4 is 0 Å². The van der Waals surface area contributed by atoms with Crippen LogP contribution in [0.1, 0.15) is 37.7 Å². The van der Waals surface area contributed by atoms with Crippen LogP contribution in [0.25, 0.3) is 27.8 Å². The molecule has 0 aliphatic heterocycles. The number of hydrogen-bond donors (Lipinski definition) is 1. The second-order valence-electron chi connectivity index (χ2n) is 8.10. The fourth-order valence-corrected chi connectivity index (χ4v) is 4.21. The number of nitrogens with zero attached hydrogens (tertiary/aromatic N) is 4. The minimum Gasteiger partial charge on any atom is -0.378 e. The average Bonchev–Trinajstić information content (AvgIpc) is 3.40. The Balaban J connectivity index is 1.53. The van der Waals surface area contributed by atoms with Crippen LogP contribution in [0.5, 0.6) is 0 Å². The van der Waals surface area contributed by atoms with Crippen LogP contribution in [0.4, 0.5) is 0 Å². The predicted molar refractivity (Wildman–Crippen MR) is 118 cm³/mol. The summed E-state index contributed by atoms with van der Waals surface area (Å²) in [5, 5.41) is 19.6. The average molecular weight is 396 g/mol. The van der Waals surface area contributed by atoms with Crippen LogP contribution in [0, 0.1) is 11.8 Å². The molecule has 5 rings (SSSR count). The number of hydrogen-bond acceptors (Lipinski definition) is 3. The third kappa shape index (κ3) is 3.51. The van der Waals surface area contributed by atoms with Gasteiger partial charge in [-0.25, -0.2) is 4.52 Å². The van der Waals surface area contributed by atoms with E-state index >= 15 is 0 Å². The molecular formula is C25H24N4O. The third-order valence-corrected chi connectivity index (χ3v) is 5.89. The molecule has 1 fully saturated rings. The Kier molecular flexibility index (Phi) is 4.65. The van der Waals surface area contributed by atoms with E-state index in [1.165, 1.54) is 6.42 Å². The van der Waals surface area contributed by atoms with Gasteiger partial charge in [0.05, 0.1) is 23.5 Å². The molecule has 5 heteroatoms. The highest BCUT2D eigenvalue weighted by Gasteiger charge is 2.26. The van der Waals surface area contributed by atoms with Gasteiger partial charge in [-0.3, -0.25) is 4.68 Å². The van der Waals surface area contributed by atoms with E-state index in [4.69, 9.17) is 0 Å². The lowest BCUT2D eigenvalue weighted by molar-refractivity contribution is 0.0610. The number of pyridine rings is 1. The summed E-state index contributed by atoms with van der Waals surface area (Å²) in [4.78, 5) is 0. The molecule has 5 nitrogen and oxygen atoms in total. The highest BCUT2D eigenvalue weighted by atomic mass is 16.3. The lowest BCUT2D eigenvalue weighted by atomic mass is 9.85. The monoisotopic (exact) mass is 396 g/mol. The molecule has 0 amide bonds. The van der Waals surface area contributed by atoms with Crippen molar-refractivity contribution in [1.82, 2.24) is 19.4 Å². The van der Waals surface area contributed by atoms with Gasteiger partial charge in [0.2, 0.25) is 0 Å². The Hall–Kier alpha value is -3.36. The normalized spacial score (nSPS) is 15.7. The van der Waals surface area contributed by atoms with Crippen molar-refractivity contribution >= 4 is 5.52 Å². The topological polar surface area (TPSA) is 55.4 Å². The van der Waals surface area contributed by atoms with Gasteiger partial charge in [-0.2, -0.15) is 10.2 Å². The summed E-state index contributed by atoms with van der Waals surface area (Å²) >= 11 is 0. The fraction of sp³-hybridized carbons (Fsp3) is 0.280. The Bertz CT molecular complexity index is 1250. The van der Waals surface area contributed by atoms with E-state index < -0.39 is 5.60 Å². The molecule has 0 atom stereocenters. The maximum atomic E-state index is 10.8. The van der Waals surface area contributed by atoms with Gasteiger partial charge in [-0.05, 0) is 48.9 Å². The van der Waals surface area contributed by atoms with E-state index in [-0.39, 0.29) is 0 Å². The molecule has 3 aromatic heterocycles. The zero-order valence-electron chi connectivity index (χ0n) is 17.0. The first-order chi connectivity index (χ1) is 14.6. The van der Waals surface area contributed by atoms with Crippen molar-refractivity contribution in [3.05, 3.63) is 66.7 Å². The molecule has 0 spiro atoms. The molecule has 150 valence electrons. The number of fused-ring (bicyclic) bond motifs is 1. The van der Waals surface area contributed by atoms with Gasteiger partial charge in [-0.15, -0.1) is 0 Å². The number of benzene rings is 1. The minimum absolute atomic E-state index is 0.755. The molecule has 0 bridgehead atoms. The van der Waals surface area contributed by atoms with Crippen molar-refractivity contribution in [2.24, 2.45) is 7.05 Å². The molecule has 30 heavy (non-hydrogen) atoms. The van der Waals surface area contributed by atoms with Crippen molar-refractivity contribution in [2.45, 2.75) is 37.7 Å². The van der Waals surface area contributed by atoms with E-state index in [9.17, 15) is 5.11 Å². The Morgan fingerprint density at radius 1 is 0.933 bits per heavy atom. The van der Waals surface area contributed by atoms with Crippen LogP contribution in [-0.2, 0) is 7.05 Å². The smallest absolute Gasteiger partial charge is 0.125 e. The highest BCUT2D eigenvalue weighted by Crippen LogP contribution is 2.30. The summed E-state index contributed by atoms with van der Waals surface area (Å²) in [6.45, 7) is 0. The van der Waals surface area contributed by atoms with Gasteiger partial charge >= 0.3 is 0 Å². The second kappa shape index (κ2) is 7.47. The highest BCUT2D eigenvalue weighted by molar-refractivity contribution is 5.85. The van der Waals surface area contributed by atoms with Gasteiger partial charge < -0.3 is 5.11 Å². The number of aryl methyl sites for hydroxylation is 1. The van der Waals surface area contributed by atoms with Gasteiger partial charge in [0.15, 0.2) is 0 Å². The molecule has 1 saturated carbocycles. The summed E-state index contributed by atoms with van der Waals surface area (Å²) in [6.07, 6.45) is 12.5. The first-order valence-corrected chi connectivity index (χ1v) is 10.4. The molecule has 1 aliphatic rings. The van der Waals surface area contributed by atoms with Crippen LogP contribution in [-0.4, -0.2) is 30.1 Å². The van der Waals surface area contributed by atoms with Crippen molar-refractivity contribution in [1.29, 1.82) is 0 Å². The second-order valence-corrected chi connectivity index (χ2v) is 8.10. The summed E-state index contributed by atoms with van der Waals surface area (Å²) < 4.78 is 3.67. The standard InChI is InChI=1S/C25H24N4O/c1-28-18-22(16-26-28)19-7-9-20(10-8-19)23-17-27-29-15-5-6-21(24(23)29)11-14-25(30)12-3-2-4-13-25/h5-10,15-18,30H,2-4,12-13H2,1H3. The molecule has 3 heterocycles. The SMILES string of the molecule is Cn1cc(-c2ccc(-c3cnn4cccc(C#CC5(O)CCCCC5)c34)cc2)cn1. The Labute approximate surface area is 176 Å². The Morgan fingerprint density at radius 3 is 2.43 bits per heavy atom. The number of rotatable bonds is 2. The summed E-state index contributed by atoms with van der Waals surface area (Å²) in [6, 6.07) is 12.4. The molecule has 0 radical (unpaired) electrons. The van der Waals surface area contributed by atoms with Gasteiger partial charge in [-0.1, -0.05) is 42.5 Å². The molecular weight excluding hydrogens is 372 g/mol. The molecule has 0 saturated heterocycles. The minimum atomic E-state index is -0.864. The summed E-state index contributed by atoms with van der Waals surface area (Å²) in [7, 11) is 1.92. The number of aromatic nitrogens is 4. The van der Waals surface area contributed by atoms with Crippen molar-refractivity contribution in [3.63, 3.8) is 0 Å². The zero-order valence-corrected chi connectivity index (χ0v) is 17.0. The lowest BCUT2D eigenvalue weighted by Gasteiger charge is -2.26. The van der Waals surface area contributed by atoms with Crippen molar-refractivity contribution < 1.29 is 5.11 Å². The van der Waals surface area contributed by atoms with Gasteiger partial charge in [0.25, 0.3) is 0 Å². The molecule has 4 aromatic rings. The lowest BCUT2D eigenvalue weighted by Crippen LogP contribution is -2.29. The first kappa shape index (κ1) is 18.7. The van der Waals surface area contributed by atoms with Gasteiger partial charge in [0, 0.05) is 30.6 Å². The van der Waals surface area contributed by atoms with E-state index in [1.54, 1.807) is 4.68 Å². The van der Waals surface area contributed by atoms with Crippen LogP contribution in [0.15, 0.2) is 61.2 Å². The third-order valence-electron chi connectivity index (χ3n) is 5.89. The van der Waals surface area contributed by atoms with Crippen molar-refractivity contribution in [3.8, 4) is 34.1 Å². The summed E-state index contributed by atoms with van der Waals surface area (Å²) in [5.74, 6) is 6.43. The molecule has 1 aromatic carbocycles. The van der Waals surface area contributed by atoms with Crippen LogP contribution in [0.2, 0.25) is 0 Å². The van der Waals surface area contributed by atoms with Crippen LogP contribution in [0.3, 0.4) is 0 Å². The van der Waals surface area contributed by atoms with E-state index in [1.807, 2.05) is 48.5 Å². The Morgan fingerprint density at radius 2 is 1.70 bits per heavy atom. The number of aliphatic hydroxyl groups is 1. The van der Waals surface area contributed by atoms with E-state index in [0.29, 0.717) is 0 Å². The first-order valence-electron chi connectivity index (χ1n) is 10.4. The maximum absolute atomic E-state index is 10.8. The van der Waals surface area contributed by atoms with Crippen LogP contribution >= 0.6 is 0 Å². The summed E-state index contributed by atoms with van der Waals surface area (Å²) in [5.41, 5.74) is 5.34. The quantitative estimate of drug-likeness (QED) is 0.510. The van der Waals surface area contributed by atoms with Gasteiger partial charge in [0.1, 0.15) is 5.60 Å². The zero-order chi connectivity index (χ0) is 20.6. The van der Waals surface area contributed by atoms with Crippen molar-refractivity contribution in [2.75, 3.05) is 0 Å². The molecule has 1 N–H and O–H groups in total. The van der Waals surface area contributed by atoms with E-state index in [0.717, 1.165) is 59.0 Å². The largest absolute Gasteiger partial charge is 0.378 e. The molecule has 1 aliphatic carbocycles. The predicted octanol–water partition coefficient (Wildman–Crippen LogP) is 4.45. The maximum Gasteiger partial charge on any atom is 0.125 e.